The quantitative estimate of drug-likeness (QED) is 0.854. The normalized spacial score (nSPS) is 29.2. The Kier molecular flexibility index (Phi) is 3.27. The van der Waals surface area contributed by atoms with E-state index in [1.165, 1.54) is 18.4 Å². The molecule has 0 spiro atoms. The summed E-state index contributed by atoms with van der Waals surface area (Å²) >= 11 is 6.05. The second kappa shape index (κ2) is 4.38. The average Bonchev–Trinajstić information content (AvgIpc) is 2.16. The molecule has 1 aromatic carbocycles. The second-order valence-electron chi connectivity index (χ2n) is 5.41. The zero-order chi connectivity index (χ0) is 11.8. The van der Waals surface area contributed by atoms with E-state index in [0.717, 1.165) is 23.4 Å². The molecular weight excluding hydrogens is 218 g/mol. The highest BCUT2D eigenvalue weighted by atomic mass is 35.5. The molecule has 0 aliphatic heterocycles. The minimum absolute atomic E-state index is 0.194. The number of halogens is 1. The number of nitrogens with two attached hydrogens (primary N) is 1. The van der Waals surface area contributed by atoms with Crippen molar-refractivity contribution in [3.05, 3.63) is 34.9 Å². The summed E-state index contributed by atoms with van der Waals surface area (Å²) < 4.78 is 0. The second-order valence-corrected chi connectivity index (χ2v) is 5.84. The number of hydrogen-bond acceptors (Lipinski definition) is 1. The molecule has 0 radical (unpaired) electrons. The summed E-state index contributed by atoms with van der Waals surface area (Å²) in [7, 11) is 0. The van der Waals surface area contributed by atoms with E-state index in [-0.39, 0.29) is 5.41 Å². The summed E-state index contributed by atoms with van der Waals surface area (Å²) in [5, 5.41) is 0.818. The van der Waals surface area contributed by atoms with Crippen LogP contribution in [-0.2, 0) is 5.41 Å². The lowest BCUT2D eigenvalue weighted by molar-refractivity contribution is 0.106. The molecule has 2 rings (SSSR count). The zero-order valence-electron chi connectivity index (χ0n) is 10.0. The van der Waals surface area contributed by atoms with Gasteiger partial charge in [-0.3, -0.25) is 0 Å². The van der Waals surface area contributed by atoms with Gasteiger partial charge in [-0.25, -0.2) is 0 Å². The Balaban J connectivity index is 2.19. The number of benzene rings is 1. The summed E-state index contributed by atoms with van der Waals surface area (Å²) in [4.78, 5) is 0. The van der Waals surface area contributed by atoms with Crippen molar-refractivity contribution in [1.29, 1.82) is 0 Å². The Bertz CT molecular complexity index is 367. The third kappa shape index (κ3) is 1.99. The Morgan fingerprint density at radius 1 is 1.44 bits per heavy atom. The highest BCUT2D eigenvalue weighted by molar-refractivity contribution is 6.30. The third-order valence-electron chi connectivity index (χ3n) is 4.08. The Morgan fingerprint density at radius 2 is 2.12 bits per heavy atom. The van der Waals surface area contributed by atoms with Gasteiger partial charge >= 0.3 is 0 Å². The molecule has 1 saturated carbocycles. The molecule has 0 atom stereocenters. The van der Waals surface area contributed by atoms with Crippen LogP contribution in [0.3, 0.4) is 0 Å². The molecule has 1 aliphatic carbocycles. The van der Waals surface area contributed by atoms with Crippen LogP contribution in [0.15, 0.2) is 24.3 Å². The minimum atomic E-state index is 0.194. The third-order valence-corrected chi connectivity index (χ3v) is 4.31. The molecule has 88 valence electrons. The van der Waals surface area contributed by atoms with Crippen LogP contribution < -0.4 is 5.73 Å². The largest absolute Gasteiger partial charge is 0.330 e. The Hall–Kier alpha value is -0.530. The van der Waals surface area contributed by atoms with Crippen LogP contribution >= 0.6 is 11.6 Å². The summed E-state index contributed by atoms with van der Waals surface area (Å²) in [6, 6.07) is 8.19. The fourth-order valence-corrected chi connectivity index (χ4v) is 2.94. The van der Waals surface area contributed by atoms with E-state index in [0.29, 0.717) is 0 Å². The first-order chi connectivity index (χ1) is 7.57. The average molecular weight is 238 g/mol. The number of rotatable bonds is 3. The smallest absolute Gasteiger partial charge is 0.0408 e. The van der Waals surface area contributed by atoms with Crippen LogP contribution in [0.1, 0.15) is 32.3 Å². The predicted octanol–water partition coefficient (Wildman–Crippen LogP) is 3.60. The molecule has 0 saturated heterocycles. The van der Waals surface area contributed by atoms with Gasteiger partial charge in [-0.2, -0.15) is 0 Å². The maximum absolute atomic E-state index is 6.05. The first kappa shape index (κ1) is 11.9. The molecule has 1 aromatic rings. The molecular formula is C14H20ClN. The fraction of sp³-hybridized carbons (Fsp3) is 0.571. The van der Waals surface area contributed by atoms with Crippen molar-refractivity contribution < 1.29 is 0 Å². The predicted molar refractivity (Wildman–Crippen MR) is 69.7 cm³/mol. The highest BCUT2D eigenvalue weighted by Gasteiger charge is 2.45. The molecule has 0 aromatic heterocycles. The van der Waals surface area contributed by atoms with Crippen molar-refractivity contribution >= 4 is 11.6 Å². The Morgan fingerprint density at radius 3 is 2.62 bits per heavy atom. The first-order valence-electron chi connectivity index (χ1n) is 6.03. The molecule has 0 amide bonds. The van der Waals surface area contributed by atoms with Gasteiger partial charge in [0.15, 0.2) is 0 Å². The fourth-order valence-electron chi connectivity index (χ4n) is 2.75. The van der Waals surface area contributed by atoms with Crippen molar-refractivity contribution in [2.75, 3.05) is 6.54 Å². The van der Waals surface area contributed by atoms with Crippen LogP contribution in [0, 0.1) is 11.8 Å². The van der Waals surface area contributed by atoms with Crippen LogP contribution in [0.2, 0.25) is 5.02 Å². The number of hydrogen-bond donors (Lipinski definition) is 1. The van der Waals surface area contributed by atoms with Gasteiger partial charge in [-0.1, -0.05) is 37.6 Å². The van der Waals surface area contributed by atoms with Gasteiger partial charge in [-0.05, 0) is 42.4 Å². The van der Waals surface area contributed by atoms with Gasteiger partial charge in [0.05, 0.1) is 0 Å². The van der Waals surface area contributed by atoms with Gasteiger partial charge in [0, 0.05) is 17.0 Å². The van der Waals surface area contributed by atoms with Crippen LogP contribution in [-0.4, -0.2) is 6.54 Å². The first-order valence-corrected chi connectivity index (χ1v) is 6.41. The van der Waals surface area contributed by atoms with Gasteiger partial charge in [0.2, 0.25) is 0 Å². The van der Waals surface area contributed by atoms with E-state index in [1.807, 2.05) is 12.1 Å². The summed E-state index contributed by atoms with van der Waals surface area (Å²) in [6.45, 7) is 5.32. The summed E-state index contributed by atoms with van der Waals surface area (Å²) in [5.41, 5.74) is 7.48. The van der Waals surface area contributed by atoms with E-state index < -0.39 is 0 Å². The highest BCUT2D eigenvalue weighted by Crippen LogP contribution is 2.50. The molecule has 2 heteroatoms. The molecule has 0 heterocycles. The van der Waals surface area contributed by atoms with Crippen LogP contribution in [0.25, 0.3) is 0 Å². The SMILES string of the molecule is CC(C)C1CC(CN)(c2cccc(Cl)c2)C1. The van der Waals surface area contributed by atoms with E-state index >= 15 is 0 Å². The van der Waals surface area contributed by atoms with Crippen LogP contribution in [0.4, 0.5) is 0 Å². The molecule has 2 N–H and O–H groups in total. The zero-order valence-corrected chi connectivity index (χ0v) is 10.8. The lowest BCUT2D eigenvalue weighted by Gasteiger charge is -2.49. The van der Waals surface area contributed by atoms with Crippen molar-refractivity contribution in [3.8, 4) is 0 Å². The molecule has 1 nitrogen and oxygen atoms in total. The maximum atomic E-state index is 6.05. The van der Waals surface area contributed by atoms with Crippen molar-refractivity contribution in [1.82, 2.24) is 0 Å². The van der Waals surface area contributed by atoms with Gasteiger partial charge in [0.1, 0.15) is 0 Å². The summed E-state index contributed by atoms with van der Waals surface area (Å²) in [6.07, 6.45) is 2.42. The van der Waals surface area contributed by atoms with E-state index in [9.17, 15) is 0 Å². The molecule has 1 aliphatic rings. The van der Waals surface area contributed by atoms with Crippen molar-refractivity contribution in [2.45, 2.75) is 32.1 Å². The van der Waals surface area contributed by atoms with Crippen molar-refractivity contribution in [3.63, 3.8) is 0 Å². The standard InChI is InChI=1S/C14H20ClN/c1-10(2)11-7-14(8-11,9-16)12-4-3-5-13(15)6-12/h3-6,10-11H,7-9,16H2,1-2H3. The monoisotopic (exact) mass is 237 g/mol. The molecule has 16 heavy (non-hydrogen) atoms. The minimum Gasteiger partial charge on any atom is -0.330 e. The van der Waals surface area contributed by atoms with Gasteiger partial charge in [0.25, 0.3) is 0 Å². The lowest BCUT2D eigenvalue weighted by atomic mass is 9.56. The van der Waals surface area contributed by atoms with E-state index in [4.69, 9.17) is 17.3 Å². The van der Waals surface area contributed by atoms with E-state index in [2.05, 4.69) is 26.0 Å². The lowest BCUT2D eigenvalue weighted by Crippen LogP contribution is -2.48. The molecule has 1 fully saturated rings. The van der Waals surface area contributed by atoms with E-state index in [1.54, 1.807) is 0 Å². The Labute approximate surface area is 103 Å². The van der Waals surface area contributed by atoms with Gasteiger partial charge < -0.3 is 5.73 Å². The van der Waals surface area contributed by atoms with Crippen molar-refractivity contribution in [2.24, 2.45) is 17.6 Å². The van der Waals surface area contributed by atoms with Gasteiger partial charge in [-0.15, -0.1) is 0 Å². The summed E-state index contributed by atoms with van der Waals surface area (Å²) in [5.74, 6) is 1.58. The molecule has 0 bridgehead atoms. The molecule has 0 unspecified atom stereocenters. The maximum Gasteiger partial charge on any atom is 0.0408 e. The van der Waals surface area contributed by atoms with Crippen LogP contribution in [0.5, 0.6) is 0 Å². The topological polar surface area (TPSA) is 26.0 Å².